The number of hydrogen-bond donors (Lipinski definition) is 2. The number of nitrogens with zero attached hydrogens (tertiary/aromatic N) is 4. The van der Waals surface area contributed by atoms with E-state index in [2.05, 4.69) is 39.3 Å². The Morgan fingerprint density at radius 1 is 1.00 bits per heavy atom. The average molecular weight is 492 g/mol. The lowest BCUT2D eigenvalue weighted by molar-refractivity contribution is 0.242. The third-order valence-electron chi connectivity index (χ3n) is 6.24. The molecular weight excluding hydrogens is 451 g/mol. The van der Waals surface area contributed by atoms with E-state index >= 15 is 0 Å². The maximum Gasteiger partial charge on any atom is 0.191 e. The molecule has 0 amide bonds. The van der Waals surface area contributed by atoms with Crippen molar-refractivity contribution in [2.24, 2.45) is 4.99 Å². The van der Waals surface area contributed by atoms with Gasteiger partial charge in [0.1, 0.15) is 0 Å². The van der Waals surface area contributed by atoms with Gasteiger partial charge in [0.2, 0.25) is 0 Å². The minimum Gasteiger partial charge on any atom is -0.357 e. The van der Waals surface area contributed by atoms with Gasteiger partial charge < -0.3 is 20.4 Å². The van der Waals surface area contributed by atoms with Crippen LogP contribution in [0.3, 0.4) is 0 Å². The molecule has 2 N–H and O–H groups in total. The molecule has 2 saturated heterocycles. The van der Waals surface area contributed by atoms with Gasteiger partial charge in [-0.2, -0.15) is 0 Å². The van der Waals surface area contributed by atoms with Crippen LogP contribution < -0.4 is 10.6 Å². The van der Waals surface area contributed by atoms with Crippen molar-refractivity contribution >= 4 is 29.9 Å². The van der Waals surface area contributed by atoms with Crippen LogP contribution in [0.4, 0.5) is 0 Å². The summed E-state index contributed by atoms with van der Waals surface area (Å²) in [4.78, 5) is 12.6. The van der Waals surface area contributed by atoms with E-state index in [1.165, 1.54) is 77.8 Å². The first kappa shape index (κ1) is 23.2. The smallest absolute Gasteiger partial charge is 0.191 e. The Morgan fingerprint density at radius 3 is 2.59 bits per heavy atom. The minimum atomic E-state index is 0. The predicted molar refractivity (Wildman–Crippen MR) is 125 cm³/mol. The lowest BCUT2D eigenvalue weighted by atomic mass is 10.2. The monoisotopic (exact) mass is 492 g/mol. The Hall–Kier alpha value is -0.120. The summed E-state index contributed by atoms with van der Waals surface area (Å²) in [6, 6.07) is 1.41. The fourth-order valence-corrected chi connectivity index (χ4v) is 4.65. The zero-order chi connectivity index (χ0) is 18.2. The highest BCUT2D eigenvalue weighted by molar-refractivity contribution is 14.0. The van der Waals surface area contributed by atoms with Gasteiger partial charge >= 0.3 is 0 Å². The Labute approximate surface area is 183 Å². The summed E-state index contributed by atoms with van der Waals surface area (Å²) >= 11 is 0. The van der Waals surface area contributed by atoms with Crippen LogP contribution in [0.2, 0.25) is 0 Å². The van der Waals surface area contributed by atoms with E-state index in [4.69, 9.17) is 4.99 Å². The molecule has 0 aromatic rings. The van der Waals surface area contributed by atoms with Gasteiger partial charge in [0.05, 0.1) is 6.54 Å². The van der Waals surface area contributed by atoms with Crippen molar-refractivity contribution in [3.63, 3.8) is 0 Å². The zero-order valence-corrected chi connectivity index (χ0v) is 19.8. The Morgan fingerprint density at radius 2 is 1.81 bits per heavy atom. The molecule has 0 aromatic carbocycles. The maximum atomic E-state index is 4.86. The molecule has 0 radical (unpaired) electrons. The summed E-state index contributed by atoms with van der Waals surface area (Å²) in [6.07, 6.45) is 8.19. The van der Waals surface area contributed by atoms with E-state index in [1.54, 1.807) is 0 Å². The van der Waals surface area contributed by atoms with Crippen LogP contribution in [0.25, 0.3) is 0 Å². The first-order valence-electron chi connectivity index (χ1n) is 10.9. The normalized spacial score (nSPS) is 26.7. The molecule has 0 spiro atoms. The second-order valence-electron chi connectivity index (χ2n) is 8.32. The second kappa shape index (κ2) is 12.4. The minimum absolute atomic E-state index is 0. The van der Waals surface area contributed by atoms with Crippen molar-refractivity contribution in [3.8, 4) is 0 Å². The highest BCUT2D eigenvalue weighted by Crippen LogP contribution is 2.26. The fraction of sp³-hybridized carbons (Fsp3) is 0.950. The molecule has 1 atom stereocenters. The summed E-state index contributed by atoms with van der Waals surface area (Å²) < 4.78 is 0. The van der Waals surface area contributed by atoms with Crippen molar-refractivity contribution in [2.45, 2.75) is 57.5 Å². The summed E-state index contributed by atoms with van der Waals surface area (Å²) in [5.41, 5.74) is 0. The Kier molecular flexibility index (Phi) is 10.7. The van der Waals surface area contributed by atoms with Crippen molar-refractivity contribution in [1.29, 1.82) is 0 Å². The average Bonchev–Trinajstić information content (AvgIpc) is 3.27. The summed E-state index contributed by atoms with van der Waals surface area (Å²) in [5, 5.41) is 7.14. The Balaban J connectivity index is 0.00000261. The molecule has 158 valence electrons. The van der Waals surface area contributed by atoms with E-state index < -0.39 is 0 Å². The van der Waals surface area contributed by atoms with Crippen LogP contribution in [0, 0.1) is 0 Å². The van der Waals surface area contributed by atoms with Crippen molar-refractivity contribution in [3.05, 3.63) is 0 Å². The molecule has 27 heavy (non-hydrogen) atoms. The molecule has 7 heteroatoms. The zero-order valence-electron chi connectivity index (χ0n) is 17.5. The fourth-order valence-electron chi connectivity index (χ4n) is 4.65. The molecule has 2 aliphatic heterocycles. The number of likely N-dealkylation sites (N-methyl/N-ethyl adjacent to an activating group) is 1. The third-order valence-corrected chi connectivity index (χ3v) is 6.24. The molecule has 3 aliphatic rings. The molecule has 2 heterocycles. The summed E-state index contributed by atoms with van der Waals surface area (Å²) in [6.45, 7) is 12.3. The third kappa shape index (κ3) is 7.66. The number of nitrogens with one attached hydrogen (secondary N) is 2. The lowest BCUT2D eigenvalue weighted by Gasteiger charge is -2.24. The summed E-state index contributed by atoms with van der Waals surface area (Å²) in [5.74, 6) is 1.01. The number of likely N-dealkylation sites (tertiary alicyclic amines) is 1. The standard InChI is InChI=1S/C20H40N6.HI/c1-3-21-20(22-10-14-25-12-6-11-24(2)15-16-25)23-18-9-13-26(17-18)19-7-4-5-8-19;/h18-19H,3-17H2,1-2H3,(H2,21,22,23);1H. The van der Waals surface area contributed by atoms with Crippen LogP contribution in [0.5, 0.6) is 0 Å². The molecular formula is C20H41IN6. The van der Waals surface area contributed by atoms with Gasteiger partial charge in [-0.1, -0.05) is 12.8 Å². The van der Waals surface area contributed by atoms with E-state index in [0.717, 1.165) is 31.6 Å². The number of guanidine groups is 1. The lowest BCUT2D eigenvalue weighted by Crippen LogP contribution is -2.45. The second-order valence-corrected chi connectivity index (χ2v) is 8.32. The number of hydrogen-bond acceptors (Lipinski definition) is 4. The molecule has 3 fully saturated rings. The summed E-state index contributed by atoms with van der Waals surface area (Å²) in [7, 11) is 2.23. The van der Waals surface area contributed by atoms with Gasteiger partial charge in [0, 0.05) is 51.4 Å². The molecule has 0 bridgehead atoms. The number of halogens is 1. The van der Waals surface area contributed by atoms with Crippen LogP contribution in [0.15, 0.2) is 4.99 Å². The van der Waals surface area contributed by atoms with Crippen LogP contribution in [-0.4, -0.2) is 98.7 Å². The molecule has 3 rings (SSSR count). The van der Waals surface area contributed by atoms with Gasteiger partial charge in [0.25, 0.3) is 0 Å². The SMILES string of the molecule is CCNC(=NCCN1CCCN(C)CC1)NC1CCN(C2CCCC2)C1.I. The van der Waals surface area contributed by atoms with Crippen molar-refractivity contribution < 1.29 is 0 Å². The van der Waals surface area contributed by atoms with Crippen LogP contribution in [0.1, 0.15) is 45.4 Å². The van der Waals surface area contributed by atoms with Crippen LogP contribution >= 0.6 is 24.0 Å². The van der Waals surface area contributed by atoms with Gasteiger partial charge in [-0.05, 0) is 52.7 Å². The molecule has 1 unspecified atom stereocenters. The van der Waals surface area contributed by atoms with Gasteiger partial charge in [-0.25, -0.2) is 0 Å². The molecule has 0 aromatic heterocycles. The largest absolute Gasteiger partial charge is 0.357 e. The van der Waals surface area contributed by atoms with E-state index in [1.807, 2.05) is 0 Å². The topological polar surface area (TPSA) is 46.1 Å². The van der Waals surface area contributed by atoms with Gasteiger partial charge in [0.15, 0.2) is 5.96 Å². The first-order chi connectivity index (χ1) is 12.7. The number of aliphatic imine (C=N–C) groups is 1. The highest BCUT2D eigenvalue weighted by Gasteiger charge is 2.30. The molecule has 1 saturated carbocycles. The van der Waals surface area contributed by atoms with Gasteiger partial charge in [-0.15, -0.1) is 24.0 Å². The molecule has 1 aliphatic carbocycles. The highest BCUT2D eigenvalue weighted by atomic mass is 127. The number of rotatable bonds is 6. The van der Waals surface area contributed by atoms with Crippen molar-refractivity contribution in [1.82, 2.24) is 25.3 Å². The molecule has 6 nitrogen and oxygen atoms in total. The van der Waals surface area contributed by atoms with E-state index in [9.17, 15) is 0 Å². The Bertz CT molecular complexity index is 440. The predicted octanol–water partition coefficient (Wildman–Crippen LogP) is 1.81. The van der Waals surface area contributed by atoms with Crippen LogP contribution in [-0.2, 0) is 0 Å². The first-order valence-corrected chi connectivity index (χ1v) is 10.9. The van der Waals surface area contributed by atoms with Crippen molar-refractivity contribution in [2.75, 3.05) is 66.0 Å². The maximum absolute atomic E-state index is 4.86. The quantitative estimate of drug-likeness (QED) is 0.337. The van der Waals surface area contributed by atoms with E-state index in [-0.39, 0.29) is 24.0 Å². The van der Waals surface area contributed by atoms with E-state index in [0.29, 0.717) is 6.04 Å². The van der Waals surface area contributed by atoms with Gasteiger partial charge in [-0.3, -0.25) is 9.89 Å².